The number of carbonyl (C=O) groups excluding carboxylic acids is 1. The Balaban J connectivity index is 1.46. The molecule has 0 fully saturated rings. The summed E-state index contributed by atoms with van der Waals surface area (Å²) in [4.78, 5) is 33.4. The molecule has 1 aromatic heterocycles. The number of anilines is 1. The third-order valence-electron chi connectivity index (χ3n) is 7.50. The second kappa shape index (κ2) is 14.1. The number of aromatic nitrogens is 1. The Kier molecular flexibility index (Phi) is 9.72. The first-order chi connectivity index (χ1) is 22.7. The molecular weight excluding hydrogens is 791 g/mol. The predicted molar refractivity (Wildman–Crippen MR) is 194 cm³/mol. The van der Waals surface area contributed by atoms with Crippen LogP contribution >= 0.6 is 49.9 Å². The highest BCUT2D eigenvalue weighted by molar-refractivity contribution is 14.1. The van der Waals surface area contributed by atoms with Crippen molar-refractivity contribution < 1.29 is 14.3 Å². The van der Waals surface area contributed by atoms with Crippen molar-refractivity contribution in [3.05, 3.63) is 152 Å². The maximum atomic E-state index is 14.3. The van der Waals surface area contributed by atoms with Gasteiger partial charge in [-0.05, 0) is 95.2 Å². The molecule has 0 spiro atoms. The van der Waals surface area contributed by atoms with Crippen LogP contribution in [0.5, 0.6) is 11.5 Å². The summed E-state index contributed by atoms with van der Waals surface area (Å²) in [6.45, 7) is 2.07. The third kappa shape index (κ3) is 6.95. The summed E-state index contributed by atoms with van der Waals surface area (Å²) in [5, 5.41) is 12.1. The van der Waals surface area contributed by atoms with Crippen molar-refractivity contribution in [2.75, 3.05) is 12.4 Å². The summed E-state index contributed by atoms with van der Waals surface area (Å²) in [6.07, 6.45) is 1.80. The van der Waals surface area contributed by atoms with Gasteiger partial charge in [0.05, 0.1) is 44.2 Å². The van der Waals surface area contributed by atoms with E-state index in [1.165, 1.54) is 11.3 Å². The van der Waals surface area contributed by atoms with Crippen LogP contribution in [-0.4, -0.2) is 17.6 Å². The van der Waals surface area contributed by atoms with E-state index in [0.29, 0.717) is 54.5 Å². The van der Waals surface area contributed by atoms with Gasteiger partial charge in [-0.25, -0.2) is 4.99 Å². The molecule has 0 saturated carbocycles. The molecule has 4 aromatic carbocycles. The molecule has 234 valence electrons. The topological polar surface area (TPSA) is 106 Å². The van der Waals surface area contributed by atoms with Gasteiger partial charge in [-0.15, -0.1) is 0 Å². The molecule has 0 bridgehead atoms. The largest absolute Gasteiger partial charge is 0.497 e. The molecule has 1 aliphatic rings. The van der Waals surface area contributed by atoms with Gasteiger partial charge >= 0.3 is 0 Å². The Morgan fingerprint density at radius 1 is 1.11 bits per heavy atom. The number of nitrogens with zero attached hydrogens (tertiary/aromatic N) is 3. The number of hydrogen-bond acceptors (Lipinski definition) is 7. The van der Waals surface area contributed by atoms with Crippen LogP contribution in [0.3, 0.4) is 0 Å². The van der Waals surface area contributed by atoms with E-state index in [0.717, 1.165) is 13.6 Å². The Labute approximate surface area is 296 Å². The standard InChI is InChI=1S/C36H26BrIN4O4S/c1-21-31(34(43)41-27-8-4-3-5-9-27)32(24-7-6-10-28(16-24)45-2)42-35(44)30(47-36(42)40-21)17-25-15-26(37)18-29(38)33(25)46-20-23-13-11-22(19-39)12-14-23/h3-18,32H,20H2,1-2H3,(H,41,43)/b30-17-/t32-/m0/s1. The van der Waals surface area contributed by atoms with E-state index >= 15 is 0 Å². The zero-order chi connectivity index (χ0) is 33.1. The minimum absolute atomic E-state index is 0.278. The maximum Gasteiger partial charge on any atom is 0.271 e. The van der Waals surface area contributed by atoms with Gasteiger partial charge in [0.15, 0.2) is 4.80 Å². The number of amides is 1. The predicted octanol–water partition coefficient (Wildman–Crippen LogP) is 6.70. The minimum Gasteiger partial charge on any atom is -0.497 e. The van der Waals surface area contributed by atoms with Crippen molar-refractivity contribution in [2.45, 2.75) is 19.6 Å². The van der Waals surface area contributed by atoms with Crippen molar-refractivity contribution >= 4 is 67.5 Å². The molecule has 1 atom stereocenters. The number of thiazole rings is 1. The Bertz CT molecular complexity index is 2260. The lowest BCUT2D eigenvalue weighted by atomic mass is 9.95. The zero-order valence-electron chi connectivity index (χ0n) is 25.2. The number of nitrogens with one attached hydrogen (secondary N) is 1. The second-order valence-corrected chi connectivity index (χ2v) is 13.7. The molecule has 0 aliphatic carbocycles. The number of halogens is 2. The first kappa shape index (κ1) is 32.4. The van der Waals surface area contributed by atoms with E-state index < -0.39 is 6.04 Å². The van der Waals surface area contributed by atoms with Gasteiger partial charge in [0.25, 0.3) is 11.5 Å². The van der Waals surface area contributed by atoms with E-state index in [1.54, 1.807) is 36.8 Å². The minimum atomic E-state index is -0.748. The fourth-order valence-corrected chi connectivity index (χ4v) is 8.01. The first-order valence-corrected chi connectivity index (χ1v) is 17.1. The quantitative estimate of drug-likeness (QED) is 0.176. The van der Waals surface area contributed by atoms with Crippen LogP contribution < -0.4 is 29.7 Å². The second-order valence-electron chi connectivity index (χ2n) is 10.6. The number of ether oxygens (including phenoxy) is 2. The number of fused-ring (bicyclic) bond motifs is 1. The average Bonchev–Trinajstić information content (AvgIpc) is 3.37. The van der Waals surface area contributed by atoms with Crippen LogP contribution in [0.15, 0.2) is 117 Å². The van der Waals surface area contributed by atoms with E-state index in [4.69, 9.17) is 19.7 Å². The molecule has 6 rings (SSSR count). The third-order valence-corrected chi connectivity index (χ3v) is 9.74. The lowest BCUT2D eigenvalue weighted by molar-refractivity contribution is -0.113. The summed E-state index contributed by atoms with van der Waals surface area (Å²) in [7, 11) is 1.58. The number of nitriles is 1. The Morgan fingerprint density at radius 2 is 1.87 bits per heavy atom. The van der Waals surface area contributed by atoms with Crippen molar-refractivity contribution in [3.8, 4) is 17.6 Å². The summed E-state index contributed by atoms with van der Waals surface area (Å²) < 4.78 is 15.5. The highest BCUT2D eigenvalue weighted by Gasteiger charge is 2.33. The molecule has 11 heteroatoms. The van der Waals surface area contributed by atoms with Gasteiger partial charge in [0.2, 0.25) is 0 Å². The fourth-order valence-electron chi connectivity index (χ4n) is 5.27. The lowest BCUT2D eigenvalue weighted by Gasteiger charge is -2.25. The summed E-state index contributed by atoms with van der Waals surface area (Å²) >= 11 is 7.05. The van der Waals surface area contributed by atoms with Crippen molar-refractivity contribution in [2.24, 2.45) is 4.99 Å². The number of methoxy groups -OCH3 is 1. The molecule has 1 amide bonds. The normalized spacial score (nSPS) is 14.2. The van der Waals surface area contributed by atoms with Gasteiger partial charge in [-0.1, -0.05) is 69.7 Å². The van der Waals surface area contributed by atoms with E-state index in [-0.39, 0.29) is 18.1 Å². The number of benzene rings is 4. The van der Waals surface area contributed by atoms with Gasteiger partial charge in [-0.2, -0.15) is 5.26 Å². The summed E-state index contributed by atoms with van der Waals surface area (Å²) in [6, 6.07) is 29.0. The first-order valence-electron chi connectivity index (χ1n) is 14.4. The number of carbonyl (C=O) groups is 1. The van der Waals surface area contributed by atoms with Crippen LogP contribution in [0.2, 0.25) is 0 Å². The zero-order valence-corrected chi connectivity index (χ0v) is 29.7. The molecule has 0 unspecified atom stereocenters. The van der Waals surface area contributed by atoms with Gasteiger partial charge in [0.1, 0.15) is 18.1 Å². The number of allylic oxidation sites excluding steroid dienone is 1. The molecule has 5 aromatic rings. The average molecular weight is 818 g/mol. The van der Waals surface area contributed by atoms with Gasteiger partial charge < -0.3 is 14.8 Å². The van der Waals surface area contributed by atoms with Crippen LogP contribution in [0, 0.1) is 14.9 Å². The highest BCUT2D eigenvalue weighted by Crippen LogP contribution is 2.33. The molecule has 2 heterocycles. The van der Waals surface area contributed by atoms with Crippen molar-refractivity contribution in [1.82, 2.24) is 4.57 Å². The van der Waals surface area contributed by atoms with E-state index in [1.807, 2.05) is 78.9 Å². The van der Waals surface area contributed by atoms with Crippen LogP contribution in [0.25, 0.3) is 6.08 Å². The SMILES string of the molecule is COc1cccc([C@H]2C(C(=O)Nc3ccccc3)=C(C)N=c3s/c(=C\c4cc(Br)cc(I)c4OCc4ccc(C#N)cc4)c(=O)n32)c1. The summed E-state index contributed by atoms with van der Waals surface area (Å²) in [5.74, 6) is 0.877. The number of para-hydroxylation sites is 1. The molecule has 1 N–H and O–H groups in total. The molecule has 1 aliphatic heterocycles. The molecule has 0 saturated heterocycles. The van der Waals surface area contributed by atoms with Crippen molar-refractivity contribution in [3.63, 3.8) is 0 Å². The van der Waals surface area contributed by atoms with Gasteiger partial charge in [0, 0.05) is 15.7 Å². The highest BCUT2D eigenvalue weighted by atomic mass is 127. The Morgan fingerprint density at radius 3 is 2.60 bits per heavy atom. The van der Waals surface area contributed by atoms with Gasteiger partial charge in [-0.3, -0.25) is 14.2 Å². The van der Waals surface area contributed by atoms with Crippen LogP contribution in [0.4, 0.5) is 5.69 Å². The fraction of sp³-hybridized carbons (Fsp3) is 0.111. The number of hydrogen-bond donors (Lipinski definition) is 1. The maximum absolute atomic E-state index is 14.3. The summed E-state index contributed by atoms with van der Waals surface area (Å²) in [5.41, 5.74) is 4.14. The van der Waals surface area contributed by atoms with E-state index in [2.05, 4.69) is 49.9 Å². The van der Waals surface area contributed by atoms with Crippen molar-refractivity contribution in [1.29, 1.82) is 5.26 Å². The lowest BCUT2D eigenvalue weighted by Crippen LogP contribution is -2.40. The monoisotopic (exact) mass is 816 g/mol. The smallest absolute Gasteiger partial charge is 0.271 e. The molecule has 8 nitrogen and oxygen atoms in total. The van der Waals surface area contributed by atoms with Crippen LogP contribution in [0.1, 0.15) is 35.2 Å². The molecule has 47 heavy (non-hydrogen) atoms. The molecule has 0 radical (unpaired) electrons. The van der Waals surface area contributed by atoms with E-state index in [9.17, 15) is 9.59 Å². The number of rotatable bonds is 8. The molecular formula is C36H26BrIN4O4S. The van der Waals surface area contributed by atoms with Crippen LogP contribution in [-0.2, 0) is 11.4 Å². The Hall–Kier alpha value is -4.51.